The summed E-state index contributed by atoms with van der Waals surface area (Å²) in [6, 6.07) is 28.8. The fraction of sp³-hybridized carbons (Fsp3) is 0. The highest BCUT2D eigenvalue weighted by Crippen LogP contribution is 2.25. The molecule has 110 valence electrons. The van der Waals surface area contributed by atoms with Gasteiger partial charge >= 0.3 is 0 Å². The molecule has 4 rings (SSSR count). The minimum Gasteiger partial charge on any atom is -0.354 e. The number of nitrogens with zero attached hydrogens (tertiary/aromatic N) is 1. The summed E-state index contributed by atoms with van der Waals surface area (Å²) in [4.78, 5) is 8.09. The number of para-hydroxylation sites is 2. The third-order valence-corrected chi connectivity index (χ3v) is 3.88. The van der Waals surface area contributed by atoms with Gasteiger partial charge in [0.1, 0.15) is 0 Å². The molecule has 23 heavy (non-hydrogen) atoms. The van der Waals surface area contributed by atoms with Crippen molar-refractivity contribution in [2.45, 2.75) is 0 Å². The third kappa shape index (κ3) is 2.79. The van der Waals surface area contributed by atoms with Gasteiger partial charge in [-0.2, -0.15) is 0 Å². The van der Waals surface area contributed by atoms with E-state index in [0.717, 1.165) is 22.5 Å². The molecule has 0 aliphatic carbocycles. The second kappa shape index (κ2) is 5.93. The lowest BCUT2D eigenvalue weighted by atomic mass is 10.1. The molecule has 0 saturated carbocycles. The Morgan fingerprint density at radius 3 is 2.26 bits per heavy atom. The van der Waals surface area contributed by atoms with E-state index in [4.69, 9.17) is 0 Å². The molecule has 0 spiro atoms. The third-order valence-electron chi connectivity index (χ3n) is 3.88. The van der Waals surface area contributed by atoms with E-state index in [-0.39, 0.29) is 0 Å². The van der Waals surface area contributed by atoms with Gasteiger partial charge in [0.15, 0.2) is 0 Å². The first-order valence-corrected chi connectivity index (χ1v) is 7.66. The molecule has 0 fully saturated rings. The summed E-state index contributed by atoms with van der Waals surface area (Å²) in [5.74, 6) is 0. The molecular formula is C21H16N2. The second-order valence-corrected chi connectivity index (χ2v) is 5.45. The van der Waals surface area contributed by atoms with Crippen molar-refractivity contribution in [1.82, 2.24) is 4.98 Å². The Morgan fingerprint density at radius 1 is 0.739 bits per heavy atom. The standard InChI is InChI=1S/C21H16N2/c1-3-8-16(9-4-1)20-14-17-10-7-11-18(21(17)23-20)15-22-19-12-5-2-6-13-19/h1-15,23H. The highest BCUT2D eigenvalue weighted by molar-refractivity contribution is 6.00. The van der Waals surface area contributed by atoms with E-state index in [1.165, 1.54) is 10.9 Å². The zero-order valence-corrected chi connectivity index (χ0v) is 12.6. The molecule has 0 saturated heterocycles. The number of H-pyrrole nitrogens is 1. The Balaban J connectivity index is 1.76. The summed E-state index contributed by atoms with van der Waals surface area (Å²) in [5, 5.41) is 1.20. The number of benzene rings is 3. The van der Waals surface area contributed by atoms with Crippen molar-refractivity contribution >= 4 is 22.8 Å². The lowest BCUT2D eigenvalue weighted by Crippen LogP contribution is -1.83. The number of rotatable bonds is 3. The number of aromatic nitrogens is 1. The van der Waals surface area contributed by atoms with Gasteiger partial charge in [0, 0.05) is 22.9 Å². The van der Waals surface area contributed by atoms with Gasteiger partial charge in [-0.05, 0) is 23.8 Å². The number of hydrogen-bond acceptors (Lipinski definition) is 1. The van der Waals surface area contributed by atoms with Crippen molar-refractivity contribution in [3.63, 3.8) is 0 Å². The van der Waals surface area contributed by atoms with Crippen LogP contribution < -0.4 is 0 Å². The van der Waals surface area contributed by atoms with Crippen LogP contribution in [0.25, 0.3) is 22.2 Å². The van der Waals surface area contributed by atoms with Crippen LogP contribution in [0.2, 0.25) is 0 Å². The summed E-state index contributed by atoms with van der Waals surface area (Å²) in [5.41, 5.74) is 5.48. The number of nitrogens with one attached hydrogen (secondary N) is 1. The molecule has 1 N–H and O–H groups in total. The van der Waals surface area contributed by atoms with E-state index in [9.17, 15) is 0 Å². The van der Waals surface area contributed by atoms with Crippen molar-refractivity contribution in [3.8, 4) is 11.3 Å². The second-order valence-electron chi connectivity index (χ2n) is 5.45. The van der Waals surface area contributed by atoms with E-state index in [2.05, 4.69) is 58.5 Å². The number of aromatic amines is 1. The van der Waals surface area contributed by atoms with E-state index in [1.807, 2.05) is 42.6 Å². The van der Waals surface area contributed by atoms with Gasteiger partial charge in [0.2, 0.25) is 0 Å². The van der Waals surface area contributed by atoms with E-state index < -0.39 is 0 Å². The predicted molar refractivity (Wildman–Crippen MR) is 97.4 cm³/mol. The molecule has 0 unspecified atom stereocenters. The van der Waals surface area contributed by atoms with Crippen LogP contribution in [-0.2, 0) is 0 Å². The first-order chi connectivity index (χ1) is 11.4. The van der Waals surface area contributed by atoms with Crippen molar-refractivity contribution in [3.05, 3.63) is 90.5 Å². The number of aliphatic imine (C=N–C) groups is 1. The van der Waals surface area contributed by atoms with Crippen LogP contribution in [0, 0.1) is 0 Å². The van der Waals surface area contributed by atoms with Crippen LogP contribution in [0.15, 0.2) is 89.9 Å². The van der Waals surface area contributed by atoms with Gasteiger partial charge in [-0.25, -0.2) is 0 Å². The summed E-state index contributed by atoms with van der Waals surface area (Å²) >= 11 is 0. The Hall–Kier alpha value is -3.13. The van der Waals surface area contributed by atoms with Crippen LogP contribution in [-0.4, -0.2) is 11.2 Å². The first kappa shape index (κ1) is 13.5. The largest absolute Gasteiger partial charge is 0.354 e. The Labute approximate surface area is 135 Å². The van der Waals surface area contributed by atoms with E-state index in [0.29, 0.717) is 0 Å². The molecule has 4 aromatic rings. The van der Waals surface area contributed by atoms with Crippen LogP contribution in [0.4, 0.5) is 5.69 Å². The maximum Gasteiger partial charge on any atom is 0.0629 e. The van der Waals surface area contributed by atoms with Gasteiger partial charge in [-0.1, -0.05) is 66.7 Å². The quantitative estimate of drug-likeness (QED) is 0.478. The molecule has 0 aliphatic heterocycles. The Bertz CT molecular complexity index is 951. The average Bonchev–Trinajstić information content (AvgIpc) is 3.06. The number of hydrogen-bond donors (Lipinski definition) is 1. The molecule has 0 atom stereocenters. The minimum atomic E-state index is 0.958. The SMILES string of the molecule is C(=Nc1ccccc1)c1cccc2cc(-c3ccccc3)[nH]c12. The van der Waals surface area contributed by atoms with Gasteiger partial charge in [0.25, 0.3) is 0 Å². The van der Waals surface area contributed by atoms with Gasteiger partial charge < -0.3 is 4.98 Å². The molecule has 3 aromatic carbocycles. The fourth-order valence-electron chi connectivity index (χ4n) is 2.72. The topological polar surface area (TPSA) is 28.1 Å². The highest BCUT2D eigenvalue weighted by Gasteiger charge is 2.05. The van der Waals surface area contributed by atoms with Gasteiger partial charge in [0.05, 0.1) is 11.2 Å². The molecule has 1 aromatic heterocycles. The molecule has 0 aliphatic rings. The molecule has 0 bridgehead atoms. The molecule has 0 amide bonds. The smallest absolute Gasteiger partial charge is 0.0629 e. The lowest BCUT2D eigenvalue weighted by Gasteiger charge is -1.98. The predicted octanol–water partition coefficient (Wildman–Crippen LogP) is 5.59. The zero-order chi connectivity index (χ0) is 15.5. The van der Waals surface area contributed by atoms with Crippen molar-refractivity contribution < 1.29 is 0 Å². The summed E-state index contributed by atoms with van der Waals surface area (Å²) < 4.78 is 0. The van der Waals surface area contributed by atoms with Crippen molar-refractivity contribution in [2.75, 3.05) is 0 Å². The zero-order valence-electron chi connectivity index (χ0n) is 12.6. The average molecular weight is 296 g/mol. The monoisotopic (exact) mass is 296 g/mol. The molecular weight excluding hydrogens is 280 g/mol. The highest BCUT2D eigenvalue weighted by atomic mass is 14.7. The van der Waals surface area contributed by atoms with Crippen LogP contribution in [0.5, 0.6) is 0 Å². The Morgan fingerprint density at radius 2 is 1.48 bits per heavy atom. The van der Waals surface area contributed by atoms with Crippen molar-refractivity contribution in [2.24, 2.45) is 4.99 Å². The van der Waals surface area contributed by atoms with Gasteiger partial charge in [-0.15, -0.1) is 0 Å². The molecule has 0 radical (unpaired) electrons. The van der Waals surface area contributed by atoms with Crippen LogP contribution in [0.1, 0.15) is 5.56 Å². The summed E-state index contributed by atoms with van der Waals surface area (Å²) in [6.45, 7) is 0. The molecule has 2 heteroatoms. The summed E-state index contributed by atoms with van der Waals surface area (Å²) in [6.07, 6.45) is 1.92. The molecule has 2 nitrogen and oxygen atoms in total. The maximum absolute atomic E-state index is 4.56. The summed E-state index contributed by atoms with van der Waals surface area (Å²) in [7, 11) is 0. The Kier molecular flexibility index (Phi) is 3.49. The van der Waals surface area contributed by atoms with E-state index in [1.54, 1.807) is 0 Å². The molecule has 1 heterocycles. The first-order valence-electron chi connectivity index (χ1n) is 7.66. The maximum atomic E-state index is 4.56. The van der Waals surface area contributed by atoms with Crippen molar-refractivity contribution in [1.29, 1.82) is 0 Å². The lowest BCUT2D eigenvalue weighted by molar-refractivity contribution is 1.44. The normalized spacial score (nSPS) is 11.3. The van der Waals surface area contributed by atoms with Crippen LogP contribution >= 0.6 is 0 Å². The minimum absolute atomic E-state index is 0.958. The van der Waals surface area contributed by atoms with E-state index >= 15 is 0 Å². The van der Waals surface area contributed by atoms with Gasteiger partial charge in [-0.3, -0.25) is 4.99 Å². The fourth-order valence-corrected chi connectivity index (χ4v) is 2.72. The number of fused-ring (bicyclic) bond motifs is 1. The van der Waals surface area contributed by atoms with Crippen LogP contribution in [0.3, 0.4) is 0 Å².